The largest absolute Gasteiger partial charge is 0.416 e. The van der Waals surface area contributed by atoms with E-state index in [-0.39, 0.29) is 27.9 Å². The molecule has 4 rings (SSSR count). The van der Waals surface area contributed by atoms with E-state index in [2.05, 4.69) is 9.82 Å². The molecule has 1 saturated heterocycles. The van der Waals surface area contributed by atoms with Crippen molar-refractivity contribution in [1.29, 1.82) is 0 Å². The van der Waals surface area contributed by atoms with Gasteiger partial charge >= 0.3 is 6.18 Å². The molecular weight excluding hydrogens is 477 g/mol. The van der Waals surface area contributed by atoms with Crippen molar-refractivity contribution in [2.75, 3.05) is 22.7 Å². The molecule has 0 saturated carbocycles. The molecule has 1 fully saturated rings. The summed E-state index contributed by atoms with van der Waals surface area (Å²) in [5, 5.41) is 4.20. The molecular formula is C22H22ClF3N4O2S. The Balaban J connectivity index is 1.80. The van der Waals surface area contributed by atoms with Crippen molar-refractivity contribution >= 4 is 33.0 Å². The fraction of sp³-hybridized carbons (Fsp3) is 0.318. The van der Waals surface area contributed by atoms with E-state index >= 15 is 0 Å². The lowest BCUT2D eigenvalue weighted by atomic mass is 10.1. The minimum absolute atomic E-state index is 0.139. The molecule has 1 aliphatic rings. The van der Waals surface area contributed by atoms with Crippen LogP contribution in [0, 0.1) is 0 Å². The van der Waals surface area contributed by atoms with E-state index in [9.17, 15) is 21.6 Å². The summed E-state index contributed by atoms with van der Waals surface area (Å²) < 4.78 is 70.7. The minimum Gasteiger partial charge on any atom is -0.370 e. The summed E-state index contributed by atoms with van der Waals surface area (Å²) in [6, 6.07) is 11.9. The number of hydrogen-bond acceptors (Lipinski definition) is 4. The number of hydrogen-bond donors (Lipinski definition) is 1. The van der Waals surface area contributed by atoms with E-state index in [0.29, 0.717) is 24.5 Å². The number of nitrogens with one attached hydrogen (secondary N) is 1. The SMILES string of the molecule is CCc1nn(-c2ccccc2)c(Cl)c1S(=O)(=O)Nc1cc(C(F)(F)F)ccc1N1CCCC1. The van der Waals surface area contributed by atoms with Crippen LogP contribution in [0.15, 0.2) is 53.4 Å². The van der Waals surface area contributed by atoms with Crippen LogP contribution >= 0.6 is 11.6 Å². The van der Waals surface area contributed by atoms with Crippen LogP contribution in [0.25, 0.3) is 5.69 Å². The summed E-state index contributed by atoms with van der Waals surface area (Å²) in [5.41, 5.74) is 0.0949. The maximum absolute atomic E-state index is 13.4. The first-order valence-electron chi connectivity index (χ1n) is 10.4. The summed E-state index contributed by atoms with van der Waals surface area (Å²) in [5.74, 6) is 0. The number of rotatable bonds is 6. The number of alkyl halides is 3. The van der Waals surface area contributed by atoms with Gasteiger partial charge in [0.05, 0.1) is 28.3 Å². The van der Waals surface area contributed by atoms with Gasteiger partial charge in [0.2, 0.25) is 0 Å². The number of nitrogens with zero attached hydrogens (tertiary/aromatic N) is 3. The molecule has 3 aromatic rings. The van der Waals surface area contributed by atoms with Gasteiger partial charge < -0.3 is 4.90 Å². The Kier molecular flexibility index (Phi) is 6.32. The normalized spacial score (nSPS) is 14.6. The average Bonchev–Trinajstić information content (AvgIpc) is 3.41. The van der Waals surface area contributed by atoms with Crippen molar-refractivity contribution in [1.82, 2.24) is 9.78 Å². The lowest BCUT2D eigenvalue weighted by Crippen LogP contribution is -2.22. The van der Waals surface area contributed by atoms with Gasteiger partial charge in [-0.25, -0.2) is 13.1 Å². The third-order valence-corrected chi connectivity index (χ3v) is 7.39. The van der Waals surface area contributed by atoms with Crippen molar-refractivity contribution < 1.29 is 21.6 Å². The van der Waals surface area contributed by atoms with E-state index in [0.717, 1.165) is 25.0 Å². The van der Waals surface area contributed by atoms with Gasteiger partial charge in [-0.15, -0.1) is 0 Å². The molecule has 1 aromatic heterocycles. The van der Waals surface area contributed by atoms with E-state index < -0.39 is 21.8 Å². The van der Waals surface area contributed by atoms with Gasteiger partial charge in [-0.1, -0.05) is 36.7 Å². The van der Waals surface area contributed by atoms with E-state index in [4.69, 9.17) is 11.6 Å². The molecule has 0 amide bonds. The lowest BCUT2D eigenvalue weighted by Gasteiger charge is -2.23. The summed E-state index contributed by atoms with van der Waals surface area (Å²) in [6.45, 7) is 2.99. The lowest BCUT2D eigenvalue weighted by molar-refractivity contribution is -0.137. The molecule has 0 spiro atoms. The zero-order valence-corrected chi connectivity index (χ0v) is 19.3. The molecule has 1 aliphatic heterocycles. The molecule has 2 aromatic carbocycles. The van der Waals surface area contributed by atoms with Crippen molar-refractivity contribution in [3.63, 3.8) is 0 Å². The molecule has 0 bridgehead atoms. The predicted molar refractivity (Wildman–Crippen MR) is 122 cm³/mol. The van der Waals surface area contributed by atoms with E-state index in [1.54, 1.807) is 37.3 Å². The number of halogens is 4. The Morgan fingerprint density at radius 1 is 1.09 bits per heavy atom. The molecule has 6 nitrogen and oxygen atoms in total. The van der Waals surface area contributed by atoms with Crippen LogP contribution in [0.4, 0.5) is 24.5 Å². The number of aryl methyl sites for hydroxylation is 1. The number of anilines is 2. The average molecular weight is 499 g/mol. The van der Waals surface area contributed by atoms with E-state index in [1.807, 2.05) is 4.90 Å². The zero-order valence-electron chi connectivity index (χ0n) is 17.7. The topological polar surface area (TPSA) is 67.2 Å². The Hall–Kier alpha value is -2.72. The Bertz CT molecular complexity index is 1250. The van der Waals surface area contributed by atoms with Gasteiger partial charge in [-0.3, -0.25) is 4.72 Å². The minimum atomic E-state index is -4.62. The van der Waals surface area contributed by atoms with Crippen LogP contribution in [0.2, 0.25) is 5.15 Å². The van der Waals surface area contributed by atoms with E-state index in [1.165, 1.54) is 10.7 Å². The highest BCUT2D eigenvalue weighted by Crippen LogP contribution is 2.38. The molecule has 33 heavy (non-hydrogen) atoms. The molecule has 0 aliphatic carbocycles. The summed E-state index contributed by atoms with van der Waals surface area (Å²) in [6.07, 6.45) is -2.60. The van der Waals surface area contributed by atoms with Gasteiger partial charge in [0.1, 0.15) is 4.90 Å². The first kappa shape index (κ1) is 23.4. The highest BCUT2D eigenvalue weighted by molar-refractivity contribution is 7.93. The highest BCUT2D eigenvalue weighted by Gasteiger charge is 2.34. The molecule has 1 N–H and O–H groups in total. The molecule has 2 heterocycles. The molecule has 0 unspecified atom stereocenters. The smallest absolute Gasteiger partial charge is 0.370 e. The fourth-order valence-electron chi connectivity index (χ4n) is 3.89. The van der Waals surface area contributed by atoms with Crippen molar-refractivity contribution in [2.45, 2.75) is 37.3 Å². The second-order valence-corrected chi connectivity index (χ2v) is 9.67. The van der Waals surface area contributed by atoms with Gasteiger partial charge in [0.25, 0.3) is 10.0 Å². The van der Waals surface area contributed by atoms with Crippen LogP contribution in [0.1, 0.15) is 31.0 Å². The summed E-state index contributed by atoms with van der Waals surface area (Å²) >= 11 is 6.46. The second-order valence-electron chi connectivity index (χ2n) is 7.70. The second kappa shape index (κ2) is 8.90. The monoisotopic (exact) mass is 498 g/mol. The first-order valence-corrected chi connectivity index (χ1v) is 12.3. The quantitative estimate of drug-likeness (QED) is 0.487. The van der Waals surface area contributed by atoms with Crippen LogP contribution in [-0.2, 0) is 22.6 Å². The first-order chi connectivity index (χ1) is 15.6. The third-order valence-electron chi connectivity index (χ3n) is 5.48. The van der Waals surface area contributed by atoms with Gasteiger partial charge in [-0.2, -0.15) is 18.3 Å². The number of para-hydroxylation sites is 1. The van der Waals surface area contributed by atoms with Gasteiger partial charge in [0.15, 0.2) is 5.15 Å². The summed E-state index contributed by atoms with van der Waals surface area (Å²) in [4.78, 5) is 1.62. The van der Waals surface area contributed by atoms with Crippen LogP contribution in [-0.4, -0.2) is 31.3 Å². The predicted octanol–water partition coefficient (Wildman–Crippen LogP) is 5.51. The van der Waals surface area contributed by atoms with Crippen molar-refractivity contribution in [3.8, 4) is 5.69 Å². The molecule has 0 radical (unpaired) electrons. The van der Waals surface area contributed by atoms with Crippen molar-refractivity contribution in [3.05, 3.63) is 64.9 Å². The maximum atomic E-state index is 13.4. The van der Waals surface area contributed by atoms with Crippen LogP contribution < -0.4 is 9.62 Å². The maximum Gasteiger partial charge on any atom is 0.416 e. The third kappa shape index (κ3) is 4.67. The highest BCUT2D eigenvalue weighted by atomic mass is 35.5. The molecule has 0 atom stereocenters. The van der Waals surface area contributed by atoms with Gasteiger partial charge in [0, 0.05) is 13.1 Å². The summed E-state index contributed by atoms with van der Waals surface area (Å²) in [7, 11) is -4.35. The zero-order chi connectivity index (χ0) is 23.8. The van der Waals surface area contributed by atoms with Gasteiger partial charge in [-0.05, 0) is 49.6 Å². The Morgan fingerprint density at radius 2 is 1.76 bits per heavy atom. The Morgan fingerprint density at radius 3 is 2.36 bits per heavy atom. The molecule has 176 valence electrons. The van der Waals surface area contributed by atoms with Crippen LogP contribution in [0.3, 0.4) is 0 Å². The number of aromatic nitrogens is 2. The fourth-order valence-corrected chi connectivity index (χ4v) is 5.79. The Labute approximate surface area is 195 Å². The standard InChI is InChI=1S/C22H22ClF3N4O2S/c1-2-17-20(21(23)30(27-17)16-8-4-3-5-9-16)33(31,32)28-18-14-15(22(24,25)26)10-11-19(18)29-12-6-7-13-29/h3-5,8-11,14,28H,2,6-7,12-13H2,1H3. The number of sulfonamides is 1. The van der Waals surface area contributed by atoms with Crippen LogP contribution in [0.5, 0.6) is 0 Å². The van der Waals surface area contributed by atoms with Crippen molar-refractivity contribution in [2.24, 2.45) is 0 Å². The molecule has 11 heteroatoms. The number of benzene rings is 2.